The van der Waals surface area contributed by atoms with Crippen molar-refractivity contribution in [3.63, 3.8) is 0 Å². The number of aromatic nitrogens is 1. The molecule has 0 N–H and O–H groups in total. The molecule has 37 heavy (non-hydrogen) atoms. The first-order valence-corrected chi connectivity index (χ1v) is 12.9. The van der Waals surface area contributed by atoms with Crippen LogP contribution in [0.1, 0.15) is 22.3 Å². The Morgan fingerprint density at radius 2 is 1.11 bits per heavy atom. The number of rotatable bonds is 2. The van der Waals surface area contributed by atoms with Crippen LogP contribution in [0.5, 0.6) is 0 Å². The fraction of sp³-hybridized carbons (Fsp3) is 0.0556. The minimum atomic E-state index is -0.407. The Labute approximate surface area is 216 Å². The van der Waals surface area contributed by atoms with Crippen LogP contribution in [0.3, 0.4) is 0 Å². The second kappa shape index (κ2) is 7.44. The van der Waals surface area contributed by atoms with Crippen molar-refractivity contribution in [3.05, 3.63) is 156 Å². The minimum absolute atomic E-state index is 0.407. The highest BCUT2D eigenvalue weighted by molar-refractivity contribution is 6.15. The average Bonchev–Trinajstić information content (AvgIpc) is 3.42. The largest absolute Gasteiger partial charge is 0.343 e. The summed E-state index contributed by atoms with van der Waals surface area (Å²) in [7, 11) is 2.24. The highest BCUT2D eigenvalue weighted by Crippen LogP contribution is 2.58. The maximum atomic E-state index is 2.43. The topological polar surface area (TPSA) is 4.93 Å². The lowest BCUT2D eigenvalue weighted by molar-refractivity contribution is 0.769. The third-order valence-electron chi connectivity index (χ3n) is 8.44. The minimum Gasteiger partial charge on any atom is -0.343 e. The van der Waals surface area contributed by atoms with Crippen molar-refractivity contribution >= 4 is 32.6 Å². The predicted octanol–water partition coefficient (Wildman–Crippen LogP) is 8.85. The fourth-order valence-corrected chi connectivity index (χ4v) is 6.93. The number of nitrogens with zero attached hydrogens (tertiary/aromatic N) is 1. The van der Waals surface area contributed by atoms with Crippen molar-refractivity contribution in [2.45, 2.75) is 5.41 Å². The quantitative estimate of drug-likeness (QED) is 0.237. The fourth-order valence-electron chi connectivity index (χ4n) is 6.93. The van der Waals surface area contributed by atoms with Crippen molar-refractivity contribution in [2.24, 2.45) is 7.05 Å². The molecule has 1 aromatic heterocycles. The molecule has 0 saturated carbocycles. The summed E-state index contributed by atoms with van der Waals surface area (Å²) in [4.78, 5) is 0. The van der Waals surface area contributed by atoms with E-state index < -0.39 is 5.41 Å². The van der Waals surface area contributed by atoms with Gasteiger partial charge < -0.3 is 4.57 Å². The number of hydrogen-bond acceptors (Lipinski definition) is 0. The van der Waals surface area contributed by atoms with Gasteiger partial charge in [0.25, 0.3) is 0 Å². The Hall–Kier alpha value is -4.62. The average molecular weight is 472 g/mol. The molecule has 8 rings (SSSR count). The molecule has 1 nitrogen and oxygen atoms in total. The molecule has 6 aromatic carbocycles. The number of fused-ring (bicyclic) bond motifs is 8. The van der Waals surface area contributed by atoms with E-state index in [-0.39, 0.29) is 0 Å². The molecule has 0 spiro atoms. The van der Waals surface area contributed by atoms with Gasteiger partial charge in [0, 0.05) is 28.9 Å². The van der Waals surface area contributed by atoms with Gasteiger partial charge in [-0.2, -0.15) is 0 Å². The molecule has 1 heterocycles. The summed E-state index contributed by atoms with van der Waals surface area (Å²) in [6, 6.07) is 49.2. The molecule has 0 radical (unpaired) electrons. The Balaban J connectivity index is 1.63. The van der Waals surface area contributed by atoms with Gasteiger partial charge in [-0.15, -0.1) is 0 Å². The third kappa shape index (κ3) is 2.58. The highest BCUT2D eigenvalue weighted by Gasteiger charge is 2.47. The van der Waals surface area contributed by atoms with Gasteiger partial charge in [-0.05, 0) is 50.7 Å². The maximum absolute atomic E-state index is 2.43. The van der Waals surface area contributed by atoms with Crippen LogP contribution in [0.4, 0.5) is 0 Å². The summed E-state index contributed by atoms with van der Waals surface area (Å²) < 4.78 is 2.43. The van der Waals surface area contributed by atoms with E-state index in [0.717, 1.165) is 0 Å². The van der Waals surface area contributed by atoms with Crippen LogP contribution in [-0.4, -0.2) is 4.57 Å². The molecule has 1 aliphatic carbocycles. The Bertz CT molecular complexity index is 1940. The van der Waals surface area contributed by atoms with E-state index >= 15 is 0 Å². The summed E-state index contributed by atoms with van der Waals surface area (Å²) in [6.07, 6.45) is 0. The van der Waals surface area contributed by atoms with Crippen LogP contribution in [-0.2, 0) is 12.5 Å². The first-order valence-electron chi connectivity index (χ1n) is 12.9. The monoisotopic (exact) mass is 471 g/mol. The number of hydrogen-bond donors (Lipinski definition) is 0. The highest BCUT2D eigenvalue weighted by atomic mass is 14.9. The van der Waals surface area contributed by atoms with E-state index in [1.807, 2.05) is 0 Å². The van der Waals surface area contributed by atoms with Gasteiger partial charge in [-0.3, -0.25) is 0 Å². The van der Waals surface area contributed by atoms with Gasteiger partial charge in [0.1, 0.15) is 0 Å². The van der Waals surface area contributed by atoms with Crippen molar-refractivity contribution in [3.8, 4) is 11.1 Å². The molecule has 0 bridgehead atoms. The molecular weight excluding hydrogens is 446 g/mol. The van der Waals surface area contributed by atoms with Crippen LogP contribution in [0.2, 0.25) is 0 Å². The zero-order valence-corrected chi connectivity index (χ0v) is 20.6. The van der Waals surface area contributed by atoms with Gasteiger partial charge in [0.05, 0.1) is 10.9 Å². The van der Waals surface area contributed by atoms with Gasteiger partial charge in [-0.1, -0.05) is 121 Å². The van der Waals surface area contributed by atoms with E-state index in [1.165, 1.54) is 66.0 Å². The first-order chi connectivity index (χ1) is 18.3. The lowest BCUT2D eigenvalue weighted by Crippen LogP contribution is -2.29. The zero-order chi connectivity index (χ0) is 24.6. The Morgan fingerprint density at radius 3 is 1.81 bits per heavy atom. The van der Waals surface area contributed by atoms with Gasteiger partial charge >= 0.3 is 0 Å². The molecule has 1 heteroatoms. The maximum Gasteiger partial charge on any atom is 0.0734 e. The second-order valence-corrected chi connectivity index (χ2v) is 10.2. The van der Waals surface area contributed by atoms with E-state index in [4.69, 9.17) is 0 Å². The molecule has 0 aliphatic heterocycles. The van der Waals surface area contributed by atoms with Crippen molar-refractivity contribution in [2.75, 3.05) is 0 Å². The van der Waals surface area contributed by atoms with Gasteiger partial charge in [-0.25, -0.2) is 0 Å². The normalized spacial score (nSPS) is 13.8. The third-order valence-corrected chi connectivity index (χ3v) is 8.44. The number of benzene rings is 6. The molecule has 0 atom stereocenters. The predicted molar refractivity (Wildman–Crippen MR) is 155 cm³/mol. The Morgan fingerprint density at radius 1 is 0.514 bits per heavy atom. The SMILES string of the molecule is Cn1c2cc3ccccc3cc2c2ccc3c(c21)C(c1ccccc1)(c1ccccc1)c1ccccc1-3. The summed E-state index contributed by atoms with van der Waals surface area (Å²) in [5.74, 6) is 0. The second-order valence-electron chi connectivity index (χ2n) is 10.2. The van der Waals surface area contributed by atoms with Crippen LogP contribution >= 0.6 is 0 Å². The smallest absolute Gasteiger partial charge is 0.0734 e. The standard InChI is InChI=1S/C36H25N/c1-37-33-23-25-13-9-8-12-24(25)22-31(33)30-21-20-29-28-18-10-11-19-32(28)36(34(29)35(30)37,26-14-4-2-5-15-26)27-16-6-3-7-17-27/h2-23H,1H3. The first kappa shape index (κ1) is 20.6. The summed E-state index contributed by atoms with van der Waals surface area (Å²) in [6.45, 7) is 0. The van der Waals surface area contributed by atoms with E-state index in [0.29, 0.717) is 0 Å². The molecule has 1 aliphatic rings. The van der Waals surface area contributed by atoms with Crippen molar-refractivity contribution in [1.82, 2.24) is 4.57 Å². The molecular formula is C36H25N. The van der Waals surface area contributed by atoms with Gasteiger partial charge in [0.15, 0.2) is 0 Å². The van der Waals surface area contributed by atoms with Crippen LogP contribution in [0.25, 0.3) is 43.7 Å². The molecule has 0 fully saturated rings. The van der Waals surface area contributed by atoms with Crippen LogP contribution in [0.15, 0.2) is 133 Å². The molecule has 174 valence electrons. The summed E-state index contributed by atoms with van der Waals surface area (Å²) in [5, 5.41) is 5.18. The lowest BCUT2D eigenvalue weighted by Gasteiger charge is -2.34. The molecule has 0 unspecified atom stereocenters. The summed E-state index contributed by atoms with van der Waals surface area (Å²) >= 11 is 0. The Kier molecular flexibility index (Phi) is 4.14. The molecule has 0 amide bonds. The van der Waals surface area contributed by atoms with E-state index in [2.05, 4.69) is 145 Å². The van der Waals surface area contributed by atoms with Crippen LogP contribution in [0, 0.1) is 0 Å². The van der Waals surface area contributed by atoms with E-state index in [9.17, 15) is 0 Å². The zero-order valence-electron chi connectivity index (χ0n) is 20.6. The van der Waals surface area contributed by atoms with Crippen molar-refractivity contribution < 1.29 is 0 Å². The van der Waals surface area contributed by atoms with E-state index in [1.54, 1.807) is 0 Å². The number of aryl methyl sites for hydroxylation is 1. The molecule has 7 aromatic rings. The summed E-state index contributed by atoms with van der Waals surface area (Å²) in [5.41, 5.74) is 10.2. The van der Waals surface area contributed by atoms with Gasteiger partial charge in [0.2, 0.25) is 0 Å². The lowest BCUT2D eigenvalue weighted by atomic mass is 9.67. The molecule has 0 saturated heterocycles. The van der Waals surface area contributed by atoms with Crippen molar-refractivity contribution in [1.29, 1.82) is 0 Å². The van der Waals surface area contributed by atoms with Crippen LogP contribution < -0.4 is 0 Å².